The first-order valence-corrected chi connectivity index (χ1v) is 6.28. The molecule has 0 fully saturated rings. The van der Waals surface area contributed by atoms with Crippen molar-refractivity contribution in [2.45, 2.75) is 20.4 Å². The summed E-state index contributed by atoms with van der Waals surface area (Å²) in [6.45, 7) is 5.00. The van der Waals surface area contributed by atoms with E-state index in [9.17, 15) is 0 Å². The first-order valence-electron chi connectivity index (χ1n) is 6.28. The molecule has 0 aliphatic carbocycles. The molecule has 6 heteroatoms. The summed E-state index contributed by atoms with van der Waals surface area (Å²) in [5, 5.41) is 0. The van der Waals surface area contributed by atoms with Crippen molar-refractivity contribution in [2.24, 2.45) is 0 Å². The zero-order valence-electron chi connectivity index (χ0n) is 11.9. The van der Waals surface area contributed by atoms with Gasteiger partial charge >= 0.3 is 0 Å². The molecule has 0 spiro atoms. The second-order valence-electron chi connectivity index (χ2n) is 4.78. The van der Waals surface area contributed by atoms with E-state index in [0.29, 0.717) is 0 Å². The summed E-state index contributed by atoms with van der Waals surface area (Å²) in [5.41, 5.74) is 4.77. The summed E-state index contributed by atoms with van der Waals surface area (Å²) in [4.78, 5) is 8.47. The number of aromatic nitrogens is 4. The second-order valence-corrected chi connectivity index (χ2v) is 4.78. The summed E-state index contributed by atoms with van der Waals surface area (Å²) in [7, 11) is 0. The molecular weight excluding hydrogens is 307 g/mol. The minimum absolute atomic E-state index is 0. The molecule has 3 aromatic rings. The van der Waals surface area contributed by atoms with E-state index in [-0.39, 0.29) is 24.8 Å². The Morgan fingerprint density at radius 2 is 1.86 bits per heavy atom. The highest BCUT2D eigenvalue weighted by Crippen LogP contribution is 2.14. The third-order valence-corrected chi connectivity index (χ3v) is 3.33. The van der Waals surface area contributed by atoms with Gasteiger partial charge in [0, 0.05) is 24.3 Å². The van der Waals surface area contributed by atoms with Crippen molar-refractivity contribution in [2.75, 3.05) is 0 Å². The van der Waals surface area contributed by atoms with Gasteiger partial charge in [0.05, 0.1) is 24.9 Å². The van der Waals surface area contributed by atoms with E-state index in [4.69, 9.17) is 0 Å². The molecule has 3 rings (SSSR count). The van der Waals surface area contributed by atoms with E-state index < -0.39 is 0 Å². The van der Waals surface area contributed by atoms with Crippen LogP contribution in [0.25, 0.3) is 5.69 Å². The Hall–Kier alpha value is -1.78. The molecular formula is C15H18Cl2N4. The maximum absolute atomic E-state index is 4.43. The largest absolute Gasteiger partial charge is 0.331 e. The van der Waals surface area contributed by atoms with E-state index in [2.05, 4.69) is 52.8 Å². The van der Waals surface area contributed by atoms with Crippen LogP contribution in [0.5, 0.6) is 0 Å². The van der Waals surface area contributed by atoms with Gasteiger partial charge in [0.25, 0.3) is 0 Å². The lowest BCUT2D eigenvalue weighted by atomic mass is 10.1. The summed E-state index contributed by atoms with van der Waals surface area (Å²) < 4.78 is 4.06. The lowest BCUT2D eigenvalue weighted by Crippen LogP contribution is -1.96. The molecule has 0 saturated heterocycles. The molecule has 0 bridgehead atoms. The summed E-state index contributed by atoms with van der Waals surface area (Å²) in [6, 6.07) is 6.43. The Morgan fingerprint density at radius 1 is 1.05 bits per heavy atom. The number of halogens is 2. The van der Waals surface area contributed by atoms with Crippen LogP contribution in [0.2, 0.25) is 0 Å². The van der Waals surface area contributed by atoms with Crippen LogP contribution >= 0.6 is 24.8 Å². The maximum Gasteiger partial charge on any atom is 0.0996 e. The Bertz CT molecular complexity index is 690. The molecule has 1 aromatic carbocycles. The molecule has 0 aliphatic rings. The Kier molecular flexibility index (Phi) is 6.00. The molecule has 2 aromatic heterocycles. The molecule has 0 N–H and O–H groups in total. The molecule has 4 nitrogen and oxygen atoms in total. The molecule has 0 atom stereocenters. The molecule has 0 unspecified atom stereocenters. The zero-order valence-corrected chi connectivity index (χ0v) is 13.6. The predicted molar refractivity (Wildman–Crippen MR) is 88.9 cm³/mol. The number of hydrogen-bond acceptors (Lipinski definition) is 2. The van der Waals surface area contributed by atoms with Gasteiger partial charge in [-0.05, 0) is 37.1 Å². The fraction of sp³-hybridized carbons (Fsp3) is 0.200. The van der Waals surface area contributed by atoms with E-state index >= 15 is 0 Å². The van der Waals surface area contributed by atoms with Gasteiger partial charge in [-0.15, -0.1) is 24.8 Å². The fourth-order valence-electron chi connectivity index (χ4n) is 2.04. The average molecular weight is 325 g/mol. The van der Waals surface area contributed by atoms with Crippen molar-refractivity contribution >= 4 is 24.8 Å². The van der Waals surface area contributed by atoms with Crippen LogP contribution in [0.3, 0.4) is 0 Å². The minimum atomic E-state index is 0. The monoisotopic (exact) mass is 324 g/mol. The molecule has 112 valence electrons. The second kappa shape index (κ2) is 7.29. The highest BCUT2D eigenvalue weighted by Gasteiger charge is 2.03. The van der Waals surface area contributed by atoms with Gasteiger partial charge in [-0.3, -0.25) is 0 Å². The molecule has 21 heavy (non-hydrogen) atoms. The normalized spacial score (nSPS) is 9.81. The summed E-state index contributed by atoms with van der Waals surface area (Å²) in [6.07, 6.45) is 9.44. The van der Waals surface area contributed by atoms with Crippen molar-refractivity contribution in [1.29, 1.82) is 0 Å². The number of nitrogens with zero attached hydrogens (tertiary/aromatic N) is 4. The van der Waals surface area contributed by atoms with Crippen LogP contribution in [-0.2, 0) is 6.54 Å². The van der Waals surface area contributed by atoms with Crippen LogP contribution < -0.4 is 0 Å². The van der Waals surface area contributed by atoms with Crippen LogP contribution in [0.4, 0.5) is 0 Å². The number of imidazole rings is 2. The third-order valence-electron chi connectivity index (χ3n) is 3.33. The van der Waals surface area contributed by atoms with Crippen LogP contribution in [0.1, 0.15) is 16.8 Å². The predicted octanol–water partition coefficient (Wildman–Crippen LogP) is 3.58. The van der Waals surface area contributed by atoms with E-state index in [0.717, 1.165) is 17.9 Å². The van der Waals surface area contributed by atoms with Gasteiger partial charge in [0.1, 0.15) is 0 Å². The fourth-order valence-corrected chi connectivity index (χ4v) is 2.04. The molecule has 2 heterocycles. The zero-order chi connectivity index (χ0) is 13.2. The van der Waals surface area contributed by atoms with Gasteiger partial charge in [-0.25, -0.2) is 9.97 Å². The number of hydrogen-bond donors (Lipinski definition) is 0. The van der Waals surface area contributed by atoms with Crippen LogP contribution in [0.15, 0.2) is 49.4 Å². The van der Waals surface area contributed by atoms with Crippen molar-refractivity contribution in [3.05, 3.63) is 66.3 Å². The van der Waals surface area contributed by atoms with Gasteiger partial charge in [-0.2, -0.15) is 0 Å². The summed E-state index contributed by atoms with van der Waals surface area (Å²) in [5.74, 6) is 0. The molecule has 0 radical (unpaired) electrons. The van der Waals surface area contributed by atoms with E-state index in [1.165, 1.54) is 11.1 Å². The first-order chi connectivity index (χ1) is 9.22. The molecule has 0 saturated carbocycles. The quantitative estimate of drug-likeness (QED) is 0.738. The van der Waals surface area contributed by atoms with Crippen molar-refractivity contribution in [3.63, 3.8) is 0 Å². The Morgan fingerprint density at radius 3 is 2.52 bits per heavy atom. The van der Waals surface area contributed by atoms with E-state index in [1.54, 1.807) is 12.5 Å². The number of rotatable bonds is 3. The standard InChI is InChI=1S/C15H16N4.2ClH/c1-12-3-4-15(7-13(12)2)19-9-14(17-11-19)8-18-6-5-16-10-18;;/h3-7,9-11H,8H2,1-2H3;2*1H. The third kappa shape index (κ3) is 3.86. The van der Waals surface area contributed by atoms with Gasteiger partial charge in [0.15, 0.2) is 0 Å². The Balaban J connectivity index is 0.00000110. The van der Waals surface area contributed by atoms with E-state index in [1.807, 2.05) is 17.1 Å². The molecule has 0 aliphatic heterocycles. The van der Waals surface area contributed by atoms with Crippen molar-refractivity contribution in [1.82, 2.24) is 19.1 Å². The Labute approximate surface area is 136 Å². The highest BCUT2D eigenvalue weighted by molar-refractivity contribution is 5.85. The van der Waals surface area contributed by atoms with Gasteiger partial charge in [-0.1, -0.05) is 6.07 Å². The SMILES string of the molecule is Cc1ccc(-n2cnc(Cn3ccnc3)c2)cc1C.Cl.Cl. The minimum Gasteiger partial charge on any atom is -0.331 e. The lowest BCUT2D eigenvalue weighted by molar-refractivity contribution is 0.778. The lowest BCUT2D eigenvalue weighted by Gasteiger charge is -2.05. The van der Waals surface area contributed by atoms with Crippen LogP contribution in [0, 0.1) is 13.8 Å². The topological polar surface area (TPSA) is 35.6 Å². The average Bonchev–Trinajstić information content (AvgIpc) is 3.05. The van der Waals surface area contributed by atoms with Crippen LogP contribution in [-0.4, -0.2) is 19.1 Å². The molecule has 0 amide bonds. The number of benzene rings is 1. The van der Waals surface area contributed by atoms with Crippen molar-refractivity contribution < 1.29 is 0 Å². The highest BCUT2D eigenvalue weighted by atomic mass is 35.5. The number of aryl methyl sites for hydroxylation is 2. The van der Waals surface area contributed by atoms with Gasteiger partial charge in [0.2, 0.25) is 0 Å². The van der Waals surface area contributed by atoms with Gasteiger partial charge < -0.3 is 9.13 Å². The maximum atomic E-state index is 4.43. The first kappa shape index (κ1) is 17.3. The summed E-state index contributed by atoms with van der Waals surface area (Å²) >= 11 is 0. The smallest absolute Gasteiger partial charge is 0.0996 e. The van der Waals surface area contributed by atoms with Crippen molar-refractivity contribution in [3.8, 4) is 5.69 Å².